The van der Waals surface area contributed by atoms with Crippen LogP contribution in [0.4, 0.5) is 4.39 Å². The first-order valence-corrected chi connectivity index (χ1v) is 6.48. The lowest BCUT2D eigenvalue weighted by atomic mass is 10.0. The molecule has 0 aliphatic rings. The smallest absolute Gasteiger partial charge is 0.146 e. The number of aryl methyl sites for hydroxylation is 1. The van der Waals surface area contributed by atoms with Gasteiger partial charge in [-0.25, -0.2) is 4.39 Å². The van der Waals surface area contributed by atoms with Gasteiger partial charge in [-0.2, -0.15) is 0 Å². The third kappa shape index (κ3) is 3.11. The van der Waals surface area contributed by atoms with Crippen LogP contribution in [0.2, 0.25) is 0 Å². The fraction of sp³-hybridized carbons (Fsp3) is 0.308. The molecule has 0 amide bonds. The van der Waals surface area contributed by atoms with Gasteiger partial charge in [0, 0.05) is 22.7 Å². The van der Waals surface area contributed by atoms with Crippen LogP contribution in [-0.2, 0) is 6.42 Å². The van der Waals surface area contributed by atoms with E-state index in [4.69, 9.17) is 0 Å². The average molecular weight is 250 g/mol. The maximum Gasteiger partial charge on any atom is 0.146 e. The minimum atomic E-state index is -0.238. The molecule has 4 heteroatoms. The Kier molecular flexibility index (Phi) is 4.23. The van der Waals surface area contributed by atoms with E-state index in [1.54, 1.807) is 23.6 Å². The molecular formula is C13H15FN2S. The van der Waals surface area contributed by atoms with Crippen molar-refractivity contribution in [2.75, 3.05) is 7.05 Å². The van der Waals surface area contributed by atoms with Crippen molar-refractivity contribution in [2.45, 2.75) is 18.9 Å². The predicted molar refractivity (Wildman–Crippen MR) is 68.6 cm³/mol. The zero-order chi connectivity index (χ0) is 12.1. The molecule has 0 saturated carbocycles. The number of nitrogens with one attached hydrogen (secondary N) is 1. The van der Waals surface area contributed by atoms with E-state index in [2.05, 4.69) is 21.7 Å². The number of aromatic nitrogens is 1. The lowest BCUT2D eigenvalue weighted by Gasteiger charge is -2.16. The van der Waals surface area contributed by atoms with Crippen LogP contribution in [0.1, 0.15) is 22.9 Å². The maximum atomic E-state index is 13.6. The van der Waals surface area contributed by atoms with Crippen molar-refractivity contribution in [1.29, 1.82) is 0 Å². The molecule has 2 heterocycles. The quantitative estimate of drug-likeness (QED) is 0.881. The van der Waals surface area contributed by atoms with Crippen LogP contribution in [0.3, 0.4) is 0 Å². The number of pyridine rings is 1. The van der Waals surface area contributed by atoms with Gasteiger partial charge in [-0.15, -0.1) is 11.3 Å². The molecule has 0 saturated heterocycles. The normalized spacial score (nSPS) is 12.6. The van der Waals surface area contributed by atoms with Gasteiger partial charge < -0.3 is 5.32 Å². The van der Waals surface area contributed by atoms with Crippen LogP contribution >= 0.6 is 11.3 Å². The Labute approximate surface area is 105 Å². The molecule has 0 aromatic carbocycles. The van der Waals surface area contributed by atoms with Gasteiger partial charge in [0.05, 0.1) is 6.20 Å². The molecule has 90 valence electrons. The first-order valence-electron chi connectivity index (χ1n) is 5.60. The highest BCUT2D eigenvalue weighted by Gasteiger charge is 2.13. The molecule has 2 nitrogen and oxygen atoms in total. The van der Waals surface area contributed by atoms with Gasteiger partial charge in [-0.3, -0.25) is 4.98 Å². The molecule has 0 aliphatic carbocycles. The lowest BCUT2D eigenvalue weighted by molar-refractivity contribution is 0.507. The first-order chi connectivity index (χ1) is 8.31. The second-order valence-electron chi connectivity index (χ2n) is 3.86. The highest BCUT2D eigenvalue weighted by Crippen LogP contribution is 2.22. The zero-order valence-corrected chi connectivity index (χ0v) is 10.5. The number of rotatable bonds is 5. The van der Waals surface area contributed by atoms with Gasteiger partial charge >= 0.3 is 0 Å². The second kappa shape index (κ2) is 5.89. The fourth-order valence-electron chi connectivity index (χ4n) is 1.87. The Balaban J connectivity index is 2.04. The summed E-state index contributed by atoms with van der Waals surface area (Å²) >= 11 is 1.74. The summed E-state index contributed by atoms with van der Waals surface area (Å²) in [5.74, 6) is -0.238. The minimum absolute atomic E-state index is 0.0418. The van der Waals surface area contributed by atoms with Crippen molar-refractivity contribution in [3.8, 4) is 0 Å². The Morgan fingerprint density at radius 1 is 1.47 bits per heavy atom. The number of thiophene rings is 1. The van der Waals surface area contributed by atoms with Crippen LogP contribution in [0, 0.1) is 5.82 Å². The van der Waals surface area contributed by atoms with E-state index in [0.29, 0.717) is 5.56 Å². The summed E-state index contributed by atoms with van der Waals surface area (Å²) in [7, 11) is 1.86. The van der Waals surface area contributed by atoms with Gasteiger partial charge in [0.1, 0.15) is 5.82 Å². The molecule has 1 atom stereocenters. The Morgan fingerprint density at radius 3 is 3.00 bits per heavy atom. The van der Waals surface area contributed by atoms with E-state index >= 15 is 0 Å². The minimum Gasteiger partial charge on any atom is -0.313 e. The van der Waals surface area contributed by atoms with Crippen molar-refractivity contribution < 1.29 is 4.39 Å². The average Bonchev–Trinajstić information content (AvgIpc) is 2.85. The number of hydrogen-bond acceptors (Lipinski definition) is 3. The molecule has 0 aliphatic heterocycles. The van der Waals surface area contributed by atoms with E-state index in [1.165, 1.54) is 11.1 Å². The monoisotopic (exact) mass is 250 g/mol. The van der Waals surface area contributed by atoms with E-state index in [9.17, 15) is 4.39 Å². The highest BCUT2D eigenvalue weighted by molar-refractivity contribution is 7.09. The second-order valence-corrected chi connectivity index (χ2v) is 4.89. The summed E-state index contributed by atoms with van der Waals surface area (Å²) in [6, 6.07) is 5.94. The molecule has 2 rings (SSSR count). The van der Waals surface area contributed by atoms with E-state index in [0.717, 1.165) is 12.8 Å². The predicted octanol–water partition coefficient (Wildman–Crippen LogP) is 3.18. The lowest BCUT2D eigenvalue weighted by Crippen LogP contribution is -2.18. The largest absolute Gasteiger partial charge is 0.313 e. The maximum absolute atomic E-state index is 13.6. The van der Waals surface area contributed by atoms with E-state index in [-0.39, 0.29) is 11.9 Å². The summed E-state index contributed by atoms with van der Waals surface area (Å²) in [4.78, 5) is 5.10. The standard InChI is InChI=1S/C13H15FN2S/c1-15-13(5-4-10-3-2-8-17-10)11-6-7-16-9-12(11)14/h2-3,6-9,13,15H,4-5H2,1H3. The molecule has 0 fully saturated rings. The van der Waals surface area contributed by atoms with Crippen molar-refractivity contribution >= 4 is 11.3 Å². The molecule has 2 aromatic heterocycles. The van der Waals surface area contributed by atoms with Crippen molar-refractivity contribution in [2.24, 2.45) is 0 Å². The summed E-state index contributed by atoms with van der Waals surface area (Å²) in [5, 5.41) is 5.22. The van der Waals surface area contributed by atoms with Gasteiger partial charge in [-0.05, 0) is 37.4 Å². The van der Waals surface area contributed by atoms with Gasteiger partial charge in [0.2, 0.25) is 0 Å². The number of halogens is 1. The topological polar surface area (TPSA) is 24.9 Å². The first kappa shape index (κ1) is 12.2. The summed E-state index contributed by atoms with van der Waals surface area (Å²) < 4.78 is 13.6. The summed E-state index contributed by atoms with van der Waals surface area (Å²) in [6.45, 7) is 0. The van der Waals surface area contributed by atoms with Crippen LogP contribution in [0.15, 0.2) is 36.0 Å². The van der Waals surface area contributed by atoms with Gasteiger partial charge in [-0.1, -0.05) is 6.07 Å². The van der Waals surface area contributed by atoms with E-state index in [1.807, 2.05) is 13.1 Å². The van der Waals surface area contributed by atoms with Crippen molar-refractivity contribution in [3.63, 3.8) is 0 Å². The van der Waals surface area contributed by atoms with E-state index < -0.39 is 0 Å². The molecule has 1 N–H and O–H groups in total. The Bertz CT molecular complexity index is 456. The van der Waals surface area contributed by atoms with Crippen LogP contribution in [0.25, 0.3) is 0 Å². The molecule has 1 unspecified atom stereocenters. The van der Waals surface area contributed by atoms with Gasteiger partial charge in [0.15, 0.2) is 0 Å². The summed E-state index contributed by atoms with van der Waals surface area (Å²) in [6.07, 6.45) is 4.75. The van der Waals surface area contributed by atoms with Crippen LogP contribution < -0.4 is 5.32 Å². The highest BCUT2D eigenvalue weighted by atomic mass is 32.1. The van der Waals surface area contributed by atoms with Crippen molar-refractivity contribution in [3.05, 3.63) is 52.2 Å². The number of hydrogen-bond donors (Lipinski definition) is 1. The third-order valence-electron chi connectivity index (χ3n) is 2.79. The molecule has 0 bridgehead atoms. The van der Waals surface area contributed by atoms with Crippen LogP contribution in [0.5, 0.6) is 0 Å². The fourth-order valence-corrected chi connectivity index (χ4v) is 2.59. The molecule has 17 heavy (non-hydrogen) atoms. The summed E-state index contributed by atoms with van der Waals surface area (Å²) in [5.41, 5.74) is 0.694. The Hall–Kier alpha value is -1.26. The van der Waals surface area contributed by atoms with Gasteiger partial charge in [0.25, 0.3) is 0 Å². The molecule has 0 spiro atoms. The van der Waals surface area contributed by atoms with Crippen molar-refractivity contribution in [1.82, 2.24) is 10.3 Å². The van der Waals surface area contributed by atoms with Crippen LogP contribution in [-0.4, -0.2) is 12.0 Å². The zero-order valence-electron chi connectivity index (χ0n) is 9.69. The number of nitrogens with zero attached hydrogens (tertiary/aromatic N) is 1. The SMILES string of the molecule is CNC(CCc1cccs1)c1ccncc1F. The molecule has 0 radical (unpaired) electrons. The Morgan fingerprint density at radius 2 is 2.35 bits per heavy atom. The molecular weight excluding hydrogens is 235 g/mol. The third-order valence-corrected chi connectivity index (χ3v) is 3.72. The molecule has 2 aromatic rings.